The van der Waals surface area contributed by atoms with Crippen LogP contribution in [0.15, 0.2) is 16.5 Å². The zero-order chi connectivity index (χ0) is 12.6. The van der Waals surface area contributed by atoms with Gasteiger partial charge < -0.3 is 10.2 Å². The van der Waals surface area contributed by atoms with Crippen LogP contribution in [0.5, 0.6) is 0 Å². The minimum Gasteiger partial charge on any atom is -0.464 e. The third-order valence-electron chi connectivity index (χ3n) is 2.11. The number of rotatable bonds is 3. The van der Waals surface area contributed by atoms with E-state index in [2.05, 4.69) is 0 Å². The highest BCUT2D eigenvalue weighted by atomic mass is 19.4. The Morgan fingerprint density at radius 3 is 2.19 bits per heavy atom. The molecule has 1 aromatic rings. The van der Waals surface area contributed by atoms with E-state index in [1.165, 1.54) is 6.07 Å². The second kappa shape index (κ2) is 4.04. The zero-order valence-corrected chi connectivity index (χ0v) is 8.31. The van der Waals surface area contributed by atoms with Crippen LogP contribution < -0.4 is 5.73 Å². The molecule has 1 rings (SSSR count). The van der Waals surface area contributed by atoms with Crippen molar-refractivity contribution in [2.45, 2.75) is 31.5 Å². The fourth-order valence-electron chi connectivity index (χ4n) is 1.11. The van der Waals surface area contributed by atoms with E-state index >= 15 is 0 Å². The summed E-state index contributed by atoms with van der Waals surface area (Å²) in [5, 5.41) is 0. The van der Waals surface area contributed by atoms with Gasteiger partial charge >= 0.3 is 12.1 Å². The summed E-state index contributed by atoms with van der Waals surface area (Å²) in [7, 11) is 0. The topological polar surface area (TPSA) is 39.2 Å². The molecule has 0 unspecified atom stereocenters. The van der Waals surface area contributed by atoms with E-state index in [1.807, 2.05) is 0 Å². The van der Waals surface area contributed by atoms with Gasteiger partial charge in [0.2, 0.25) is 0 Å². The van der Waals surface area contributed by atoms with E-state index in [0.29, 0.717) is 12.2 Å². The summed E-state index contributed by atoms with van der Waals surface area (Å²) < 4.78 is 66.4. The quantitative estimate of drug-likeness (QED) is 0.829. The van der Waals surface area contributed by atoms with Gasteiger partial charge in [-0.1, -0.05) is 6.92 Å². The Hall–Kier alpha value is -1.11. The molecule has 16 heavy (non-hydrogen) atoms. The largest absolute Gasteiger partial charge is 0.464 e. The fraction of sp³-hybridized carbons (Fsp3) is 0.556. The average Bonchev–Trinajstić information content (AvgIpc) is 2.62. The number of alkyl halides is 5. The van der Waals surface area contributed by atoms with Crippen LogP contribution in [-0.4, -0.2) is 12.1 Å². The van der Waals surface area contributed by atoms with Crippen molar-refractivity contribution in [1.29, 1.82) is 0 Å². The number of hydrogen-bond acceptors (Lipinski definition) is 2. The van der Waals surface area contributed by atoms with Gasteiger partial charge in [-0.15, -0.1) is 0 Å². The molecule has 1 atom stereocenters. The first-order valence-electron chi connectivity index (χ1n) is 4.49. The van der Waals surface area contributed by atoms with Gasteiger partial charge in [0, 0.05) is 6.42 Å². The van der Waals surface area contributed by atoms with E-state index in [9.17, 15) is 22.0 Å². The van der Waals surface area contributed by atoms with Crippen LogP contribution in [0.25, 0.3) is 0 Å². The molecule has 1 heterocycles. The summed E-state index contributed by atoms with van der Waals surface area (Å²) >= 11 is 0. The Morgan fingerprint density at radius 2 is 1.81 bits per heavy atom. The van der Waals surface area contributed by atoms with E-state index in [0.717, 1.165) is 6.07 Å². The second-order valence-electron chi connectivity index (χ2n) is 3.26. The normalized spacial score (nSPS) is 15.2. The molecule has 0 aliphatic carbocycles. The maximum atomic E-state index is 12.8. The van der Waals surface area contributed by atoms with Gasteiger partial charge in [-0.2, -0.15) is 22.0 Å². The van der Waals surface area contributed by atoms with Crippen LogP contribution in [0.1, 0.15) is 24.5 Å². The molecule has 92 valence electrons. The summed E-state index contributed by atoms with van der Waals surface area (Å²) in [5.74, 6) is -5.27. The Bertz CT molecular complexity index is 357. The molecule has 2 N–H and O–H groups in total. The zero-order valence-electron chi connectivity index (χ0n) is 8.31. The van der Waals surface area contributed by atoms with Gasteiger partial charge in [0.1, 0.15) is 17.6 Å². The molecular weight excluding hydrogens is 233 g/mol. The summed E-state index contributed by atoms with van der Waals surface area (Å²) in [5.41, 5.74) is 4.86. The molecular formula is C9H10F5NO. The lowest BCUT2D eigenvalue weighted by atomic mass is 10.1. The van der Waals surface area contributed by atoms with Crippen molar-refractivity contribution in [1.82, 2.24) is 0 Å². The second-order valence-corrected chi connectivity index (χ2v) is 3.26. The average molecular weight is 243 g/mol. The van der Waals surface area contributed by atoms with Crippen LogP contribution in [0.4, 0.5) is 22.0 Å². The molecule has 0 fully saturated rings. The monoisotopic (exact) mass is 243 g/mol. The Labute approximate surface area is 88.2 Å². The molecule has 0 amide bonds. The predicted octanol–water partition coefficient (Wildman–Crippen LogP) is 3.04. The minimum atomic E-state index is -5.69. The Kier molecular flexibility index (Phi) is 3.27. The first-order valence-corrected chi connectivity index (χ1v) is 4.49. The molecule has 0 aliphatic heterocycles. The van der Waals surface area contributed by atoms with Crippen molar-refractivity contribution in [2.24, 2.45) is 5.73 Å². The summed E-state index contributed by atoms with van der Waals surface area (Å²) in [6.45, 7) is 1.68. The van der Waals surface area contributed by atoms with Crippen LogP contribution in [0, 0.1) is 0 Å². The molecule has 0 bridgehead atoms. The van der Waals surface area contributed by atoms with Gasteiger partial charge in [-0.05, 0) is 12.1 Å². The van der Waals surface area contributed by atoms with Crippen LogP contribution in [-0.2, 0) is 6.42 Å². The fourth-order valence-corrected chi connectivity index (χ4v) is 1.11. The van der Waals surface area contributed by atoms with Crippen molar-refractivity contribution in [3.05, 3.63) is 23.7 Å². The first-order chi connectivity index (χ1) is 7.20. The number of furan rings is 1. The van der Waals surface area contributed by atoms with E-state index in [4.69, 9.17) is 10.2 Å². The highest BCUT2D eigenvalue weighted by Gasteiger charge is 2.62. The summed E-state index contributed by atoms with van der Waals surface area (Å²) in [6, 6.07) is -0.169. The lowest BCUT2D eigenvalue weighted by Crippen LogP contribution is -2.45. The van der Waals surface area contributed by atoms with E-state index in [1.54, 1.807) is 6.92 Å². The molecule has 2 nitrogen and oxygen atoms in total. The maximum Gasteiger partial charge on any atom is 0.455 e. The molecule has 0 radical (unpaired) electrons. The minimum absolute atomic E-state index is 0.309. The van der Waals surface area contributed by atoms with Crippen molar-refractivity contribution < 1.29 is 26.4 Å². The van der Waals surface area contributed by atoms with E-state index < -0.39 is 23.9 Å². The predicted molar refractivity (Wildman–Crippen MR) is 46.0 cm³/mol. The van der Waals surface area contributed by atoms with Gasteiger partial charge in [-0.25, -0.2) is 0 Å². The van der Waals surface area contributed by atoms with Crippen LogP contribution in [0.2, 0.25) is 0 Å². The highest BCUT2D eigenvalue weighted by molar-refractivity contribution is 5.13. The van der Waals surface area contributed by atoms with Crippen molar-refractivity contribution in [3.8, 4) is 0 Å². The highest BCUT2D eigenvalue weighted by Crippen LogP contribution is 2.43. The summed E-state index contributed by atoms with van der Waals surface area (Å²) in [4.78, 5) is 0. The number of hydrogen-bond donors (Lipinski definition) is 1. The Balaban J connectivity index is 2.97. The lowest BCUT2D eigenvalue weighted by molar-refractivity contribution is -0.292. The van der Waals surface area contributed by atoms with Crippen molar-refractivity contribution in [2.75, 3.05) is 0 Å². The van der Waals surface area contributed by atoms with Gasteiger partial charge in [0.15, 0.2) is 0 Å². The van der Waals surface area contributed by atoms with Gasteiger partial charge in [0.05, 0.1) is 0 Å². The van der Waals surface area contributed by atoms with Gasteiger partial charge in [0.25, 0.3) is 0 Å². The SMILES string of the molecule is CCc1ccc([C@H](N)C(F)(F)C(F)(F)F)o1. The number of nitrogens with two attached hydrogens (primary N) is 1. The van der Waals surface area contributed by atoms with E-state index in [-0.39, 0.29) is 0 Å². The molecule has 0 aliphatic rings. The number of aryl methyl sites for hydroxylation is 1. The smallest absolute Gasteiger partial charge is 0.455 e. The van der Waals surface area contributed by atoms with Gasteiger partial charge in [-0.3, -0.25) is 0 Å². The lowest BCUT2D eigenvalue weighted by Gasteiger charge is -2.24. The molecule has 0 spiro atoms. The van der Waals surface area contributed by atoms with Crippen molar-refractivity contribution >= 4 is 0 Å². The van der Waals surface area contributed by atoms with Crippen LogP contribution >= 0.6 is 0 Å². The molecule has 0 aromatic carbocycles. The summed E-state index contributed by atoms with van der Waals surface area (Å²) in [6.07, 6.45) is -5.30. The van der Waals surface area contributed by atoms with Crippen molar-refractivity contribution in [3.63, 3.8) is 0 Å². The maximum absolute atomic E-state index is 12.8. The first kappa shape index (κ1) is 13.0. The standard InChI is InChI=1S/C9H10F5NO/c1-2-5-3-4-6(16-5)7(15)8(10,11)9(12,13)14/h3-4,7H,2,15H2,1H3/t7-/m0/s1. The third-order valence-corrected chi connectivity index (χ3v) is 2.11. The Morgan fingerprint density at radius 1 is 1.25 bits per heavy atom. The number of halogens is 5. The third kappa shape index (κ3) is 2.18. The van der Waals surface area contributed by atoms with Crippen LogP contribution in [0.3, 0.4) is 0 Å². The molecule has 7 heteroatoms. The molecule has 0 saturated heterocycles. The molecule has 1 aromatic heterocycles. The molecule has 0 saturated carbocycles.